The molecule has 0 aromatic heterocycles. The van der Waals surface area contributed by atoms with E-state index in [4.69, 9.17) is 0 Å². The van der Waals surface area contributed by atoms with Crippen LogP contribution in [0, 0.1) is 16.7 Å². The van der Waals surface area contributed by atoms with Crippen LogP contribution < -0.4 is 56.5 Å². The molecule has 0 heterocycles. The standard InChI is InChI=1S/C10H17O.K/c1-9(2)7-4-5-10(3,6-7)8(9)11;/h7-8H,4-6H2,1-3H3;/q-1;+1. The first-order valence-corrected chi connectivity index (χ1v) is 4.63. The van der Waals surface area contributed by atoms with Crippen molar-refractivity contribution in [2.75, 3.05) is 0 Å². The molecular formula is C10H17KO. The zero-order chi connectivity index (χ0) is 8.28. The average Bonchev–Trinajstić information content (AvgIpc) is 2.36. The Kier molecular flexibility index (Phi) is 3.23. The number of fused-ring (bicyclic) bond motifs is 2. The van der Waals surface area contributed by atoms with E-state index in [1.807, 2.05) is 0 Å². The Morgan fingerprint density at radius 2 is 1.83 bits per heavy atom. The van der Waals surface area contributed by atoms with E-state index < -0.39 is 0 Å². The van der Waals surface area contributed by atoms with Crippen LogP contribution in [0.4, 0.5) is 0 Å². The molecule has 12 heavy (non-hydrogen) atoms. The molecule has 2 aliphatic rings. The van der Waals surface area contributed by atoms with Crippen molar-refractivity contribution >= 4 is 0 Å². The van der Waals surface area contributed by atoms with Gasteiger partial charge in [0.15, 0.2) is 0 Å². The van der Waals surface area contributed by atoms with Crippen molar-refractivity contribution in [1.82, 2.24) is 0 Å². The Morgan fingerprint density at radius 1 is 1.25 bits per heavy atom. The molecule has 3 unspecified atom stereocenters. The third-order valence-corrected chi connectivity index (χ3v) is 4.14. The van der Waals surface area contributed by atoms with Crippen LogP contribution in [0.1, 0.15) is 40.0 Å². The molecule has 64 valence electrons. The molecule has 2 aliphatic carbocycles. The molecule has 2 fully saturated rings. The van der Waals surface area contributed by atoms with E-state index in [2.05, 4.69) is 20.8 Å². The molecule has 0 aliphatic heterocycles. The second-order valence-electron chi connectivity index (χ2n) is 5.30. The summed E-state index contributed by atoms with van der Waals surface area (Å²) in [5.41, 5.74) is 0.223. The normalized spacial score (nSPS) is 49.0. The Labute approximate surface area is 118 Å². The molecule has 0 N–H and O–H groups in total. The van der Waals surface area contributed by atoms with Gasteiger partial charge >= 0.3 is 51.4 Å². The van der Waals surface area contributed by atoms with E-state index in [9.17, 15) is 5.11 Å². The third-order valence-electron chi connectivity index (χ3n) is 4.14. The fourth-order valence-electron chi connectivity index (χ4n) is 3.26. The van der Waals surface area contributed by atoms with Gasteiger partial charge in [0.05, 0.1) is 0 Å². The van der Waals surface area contributed by atoms with Gasteiger partial charge in [0.25, 0.3) is 0 Å². The summed E-state index contributed by atoms with van der Waals surface area (Å²) in [5.74, 6) is 0.718. The van der Waals surface area contributed by atoms with E-state index in [-0.39, 0.29) is 68.3 Å². The Balaban J connectivity index is 0.000000720. The van der Waals surface area contributed by atoms with Crippen LogP contribution in [-0.2, 0) is 0 Å². The van der Waals surface area contributed by atoms with Crippen molar-refractivity contribution < 1.29 is 56.5 Å². The van der Waals surface area contributed by atoms with Crippen LogP contribution >= 0.6 is 0 Å². The van der Waals surface area contributed by atoms with E-state index in [1.165, 1.54) is 19.3 Å². The second-order valence-corrected chi connectivity index (χ2v) is 5.30. The van der Waals surface area contributed by atoms with Crippen LogP contribution in [0.5, 0.6) is 0 Å². The van der Waals surface area contributed by atoms with Gasteiger partial charge in [-0.2, -0.15) is 0 Å². The summed E-state index contributed by atoms with van der Waals surface area (Å²) < 4.78 is 0. The number of hydrogen-bond acceptors (Lipinski definition) is 1. The first-order chi connectivity index (χ1) is 4.97. The fraction of sp³-hybridized carbons (Fsp3) is 1.00. The third kappa shape index (κ3) is 1.39. The van der Waals surface area contributed by atoms with Crippen LogP contribution in [0.2, 0.25) is 0 Å². The van der Waals surface area contributed by atoms with Crippen molar-refractivity contribution in [2.45, 2.75) is 46.1 Å². The average molecular weight is 192 g/mol. The summed E-state index contributed by atoms with van der Waals surface area (Å²) in [5, 5.41) is 11.9. The van der Waals surface area contributed by atoms with Crippen molar-refractivity contribution in [1.29, 1.82) is 0 Å². The van der Waals surface area contributed by atoms with Gasteiger partial charge in [-0.15, -0.1) is 6.10 Å². The summed E-state index contributed by atoms with van der Waals surface area (Å²) in [6.45, 7) is 6.49. The summed E-state index contributed by atoms with van der Waals surface area (Å²) in [4.78, 5) is 0. The molecule has 0 spiro atoms. The monoisotopic (exact) mass is 192 g/mol. The first kappa shape index (κ1) is 11.7. The Hall–Kier alpha value is 1.60. The summed E-state index contributed by atoms with van der Waals surface area (Å²) >= 11 is 0. The van der Waals surface area contributed by atoms with Gasteiger partial charge in [-0.3, -0.25) is 0 Å². The smallest absolute Gasteiger partial charge is 0.851 e. The molecule has 0 radical (unpaired) electrons. The summed E-state index contributed by atoms with van der Waals surface area (Å²) in [7, 11) is 0. The van der Waals surface area contributed by atoms with Crippen molar-refractivity contribution in [2.24, 2.45) is 16.7 Å². The fourth-order valence-corrected chi connectivity index (χ4v) is 3.26. The number of hydrogen-bond donors (Lipinski definition) is 0. The predicted octanol–water partition coefficient (Wildman–Crippen LogP) is -1.43. The molecule has 3 atom stereocenters. The Bertz CT molecular complexity index is 186. The zero-order valence-electron chi connectivity index (χ0n) is 8.68. The van der Waals surface area contributed by atoms with Gasteiger partial charge in [0.2, 0.25) is 0 Å². The minimum absolute atomic E-state index is 0. The SMILES string of the molecule is CC12CCC(C1)C(C)(C)C2[O-].[K+]. The molecule has 2 heteroatoms. The van der Waals surface area contributed by atoms with E-state index in [0.717, 1.165) is 5.92 Å². The molecule has 2 rings (SSSR count). The van der Waals surface area contributed by atoms with Gasteiger partial charge in [0, 0.05) is 0 Å². The maximum Gasteiger partial charge on any atom is 1.00 e. The van der Waals surface area contributed by atoms with Crippen LogP contribution in [0.15, 0.2) is 0 Å². The zero-order valence-corrected chi connectivity index (χ0v) is 11.8. The van der Waals surface area contributed by atoms with Crippen molar-refractivity contribution in [3.63, 3.8) is 0 Å². The van der Waals surface area contributed by atoms with Crippen LogP contribution in [-0.4, -0.2) is 6.10 Å². The molecule has 2 saturated carbocycles. The molecular weight excluding hydrogens is 175 g/mol. The molecule has 1 nitrogen and oxygen atoms in total. The van der Waals surface area contributed by atoms with Crippen molar-refractivity contribution in [3.05, 3.63) is 0 Å². The van der Waals surface area contributed by atoms with E-state index in [1.54, 1.807) is 0 Å². The van der Waals surface area contributed by atoms with Gasteiger partial charge < -0.3 is 5.11 Å². The molecule has 0 aromatic rings. The minimum Gasteiger partial charge on any atom is -0.851 e. The number of rotatable bonds is 0. The summed E-state index contributed by atoms with van der Waals surface area (Å²) in [6.07, 6.45) is 3.35. The molecule has 0 aromatic carbocycles. The molecule has 0 amide bonds. The van der Waals surface area contributed by atoms with Crippen LogP contribution in [0.3, 0.4) is 0 Å². The van der Waals surface area contributed by atoms with Gasteiger partial charge in [0.1, 0.15) is 0 Å². The second kappa shape index (κ2) is 3.32. The van der Waals surface area contributed by atoms with Gasteiger partial charge in [-0.25, -0.2) is 0 Å². The largest absolute Gasteiger partial charge is 1.00 e. The van der Waals surface area contributed by atoms with Crippen molar-refractivity contribution in [3.8, 4) is 0 Å². The maximum atomic E-state index is 11.9. The van der Waals surface area contributed by atoms with E-state index >= 15 is 0 Å². The molecule has 2 bridgehead atoms. The van der Waals surface area contributed by atoms with E-state index in [0.29, 0.717) is 0 Å². The minimum atomic E-state index is -0.311. The topological polar surface area (TPSA) is 23.1 Å². The van der Waals surface area contributed by atoms with Crippen LogP contribution in [0.25, 0.3) is 0 Å². The van der Waals surface area contributed by atoms with Gasteiger partial charge in [-0.05, 0) is 36.0 Å². The molecule has 0 saturated heterocycles. The predicted molar refractivity (Wildman–Crippen MR) is 43.0 cm³/mol. The Morgan fingerprint density at radius 3 is 2.08 bits per heavy atom. The van der Waals surface area contributed by atoms with Gasteiger partial charge in [-0.1, -0.05) is 20.8 Å². The first-order valence-electron chi connectivity index (χ1n) is 4.63. The quantitative estimate of drug-likeness (QED) is 0.431. The summed E-state index contributed by atoms with van der Waals surface area (Å²) in [6, 6.07) is 0. The maximum absolute atomic E-state index is 11.9.